The van der Waals surface area contributed by atoms with Crippen molar-refractivity contribution in [2.45, 2.75) is 6.92 Å². The molecule has 0 bridgehead atoms. The topological polar surface area (TPSA) is 87.0 Å². The van der Waals surface area contributed by atoms with Crippen molar-refractivity contribution in [3.63, 3.8) is 0 Å². The normalized spacial score (nSPS) is 12.1. The number of carbonyl (C=O) groups is 1. The van der Waals surface area contributed by atoms with Crippen LogP contribution in [0.25, 0.3) is 0 Å². The van der Waals surface area contributed by atoms with Crippen LogP contribution in [-0.2, 0) is 4.79 Å². The Morgan fingerprint density at radius 2 is 1.89 bits per heavy atom. The van der Waals surface area contributed by atoms with Gasteiger partial charge >= 0.3 is 5.97 Å². The van der Waals surface area contributed by atoms with Gasteiger partial charge in [-0.15, -0.1) is 4.91 Å². The highest BCUT2D eigenvalue weighted by atomic mass is 16.4. The molecule has 0 aromatic rings. The van der Waals surface area contributed by atoms with E-state index < -0.39 is 17.4 Å². The van der Waals surface area contributed by atoms with Gasteiger partial charge in [0.1, 0.15) is 5.76 Å². The van der Waals surface area contributed by atoms with Crippen molar-refractivity contribution in [3.8, 4) is 0 Å². The minimum Gasteiger partial charge on any atom is -0.510 e. The first-order chi connectivity index (χ1) is 4.09. The van der Waals surface area contributed by atoms with Crippen molar-refractivity contribution in [2.24, 2.45) is 5.18 Å². The summed E-state index contributed by atoms with van der Waals surface area (Å²) in [5.74, 6) is -2.11. The van der Waals surface area contributed by atoms with Crippen LogP contribution in [0.5, 0.6) is 0 Å². The summed E-state index contributed by atoms with van der Waals surface area (Å²) in [4.78, 5) is 19.4. The van der Waals surface area contributed by atoms with E-state index in [2.05, 4.69) is 5.18 Å². The Bertz CT molecular complexity index is 167. The van der Waals surface area contributed by atoms with Crippen LogP contribution in [0.2, 0.25) is 0 Å². The van der Waals surface area contributed by atoms with Crippen LogP contribution in [0.15, 0.2) is 16.6 Å². The number of hydrogen-bond acceptors (Lipinski definition) is 4. The molecule has 0 aromatic heterocycles. The standard InChI is InChI=1S/C4H5NO4/c1-2(6)3(5-9)4(7)8/h6H,1H3,(H,7,8)/b3-2+. The summed E-state index contributed by atoms with van der Waals surface area (Å²) in [6, 6.07) is 0. The highest BCUT2D eigenvalue weighted by Gasteiger charge is 2.10. The molecule has 0 rings (SSSR count). The Kier molecular flexibility index (Phi) is 2.37. The molecule has 9 heavy (non-hydrogen) atoms. The monoisotopic (exact) mass is 131 g/mol. The quantitative estimate of drug-likeness (QED) is 0.327. The van der Waals surface area contributed by atoms with E-state index in [1.54, 1.807) is 0 Å². The molecule has 0 unspecified atom stereocenters. The fourth-order valence-corrected chi connectivity index (χ4v) is 0.260. The Morgan fingerprint density at radius 1 is 1.44 bits per heavy atom. The fraction of sp³-hybridized carbons (Fsp3) is 0.250. The van der Waals surface area contributed by atoms with Gasteiger partial charge in [0.05, 0.1) is 0 Å². The summed E-state index contributed by atoms with van der Waals surface area (Å²) in [6.45, 7) is 1.07. The Hall–Kier alpha value is -1.39. The number of aliphatic carboxylic acids is 1. The third-order valence-corrected chi connectivity index (χ3v) is 0.637. The molecule has 0 fully saturated rings. The van der Waals surface area contributed by atoms with E-state index in [1.165, 1.54) is 0 Å². The maximum atomic E-state index is 9.86. The zero-order valence-corrected chi connectivity index (χ0v) is 4.66. The molecule has 5 nitrogen and oxygen atoms in total. The molecule has 0 aliphatic heterocycles. The molecule has 0 radical (unpaired) electrons. The van der Waals surface area contributed by atoms with Gasteiger partial charge in [0.25, 0.3) is 0 Å². The van der Waals surface area contributed by atoms with Gasteiger partial charge in [-0.05, 0) is 12.1 Å². The molecular formula is C4H5NO4. The van der Waals surface area contributed by atoms with E-state index in [0.717, 1.165) is 6.92 Å². The van der Waals surface area contributed by atoms with Crippen LogP contribution in [0.4, 0.5) is 0 Å². The number of hydrogen-bond donors (Lipinski definition) is 2. The van der Waals surface area contributed by atoms with E-state index in [1.807, 2.05) is 0 Å². The molecule has 0 aromatic carbocycles. The first kappa shape index (κ1) is 7.61. The highest BCUT2D eigenvalue weighted by Crippen LogP contribution is 2.00. The zero-order chi connectivity index (χ0) is 7.44. The molecule has 5 heteroatoms. The lowest BCUT2D eigenvalue weighted by molar-refractivity contribution is -0.132. The molecule has 0 aliphatic rings. The summed E-state index contributed by atoms with van der Waals surface area (Å²) in [5, 5.41) is 18.5. The van der Waals surface area contributed by atoms with E-state index in [9.17, 15) is 9.70 Å². The van der Waals surface area contributed by atoms with E-state index in [0.29, 0.717) is 0 Å². The molecule has 0 aliphatic carbocycles. The van der Waals surface area contributed by atoms with Crippen molar-refractivity contribution in [1.82, 2.24) is 0 Å². The third kappa shape index (κ3) is 1.89. The van der Waals surface area contributed by atoms with Gasteiger partial charge in [-0.25, -0.2) is 4.79 Å². The van der Waals surface area contributed by atoms with Crippen LogP contribution in [0.1, 0.15) is 6.92 Å². The molecule has 0 amide bonds. The van der Waals surface area contributed by atoms with E-state index in [4.69, 9.17) is 10.2 Å². The van der Waals surface area contributed by atoms with Crippen LogP contribution >= 0.6 is 0 Å². The maximum Gasteiger partial charge on any atom is 0.361 e. The van der Waals surface area contributed by atoms with E-state index in [-0.39, 0.29) is 0 Å². The Labute approximate surface area is 50.6 Å². The summed E-state index contributed by atoms with van der Waals surface area (Å²) >= 11 is 0. The van der Waals surface area contributed by atoms with Gasteiger partial charge < -0.3 is 10.2 Å². The maximum absolute atomic E-state index is 9.86. The zero-order valence-electron chi connectivity index (χ0n) is 4.66. The molecule has 0 saturated heterocycles. The number of carboxylic acids is 1. The SMILES string of the molecule is C/C(O)=C(\N=O)C(=O)O. The van der Waals surface area contributed by atoms with Crippen molar-refractivity contribution < 1.29 is 15.0 Å². The number of aliphatic hydroxyl groups excluding tert-OH is 1. The molecule has 0 spiro atoms. The van der Waals surface area contributed by atoms with Crippen molar-refractivity contribution in [3.05, 3.63) is 16.4 Å². The molecule has 50 valence electrons. The number of carboxylic acid groups (broad SMARTS) is 1. The van der Waals surface area contributed by atoms with Crippen molar-refractivity contribution in [1.29, 1.82) is 0 Å². The van der Waals surface area contributed by atoms with Crippen molar-refractivity contribution >= 4 is 5.97 Å². The predicted octanol–water partition coefficient (Wildman–Crippen LogP) is 0.627. The third-order valence-electron chi connectivity index (χ3n) is 0.637. The van der Waals surface area contributed by atoms with Gasteiger partial charge in [-0.3, -0.25) is 0 Å². The van der Waals surface area contributed by atoms with Crippen LogP contribution < -0.4 is 0 Å². The molecule has 2 N–H and O–H groups in total. The Morgan fingerprint density at radius 3 is 1.89 bits per heavy atom. The van der Waals surface area contributed by atoms with Crippen LogP contribution in [-0.4, -0.2) is 16.2 Å². The lowest BCUT2D eigenvalue weighted by atomic mass is 10.4. The second-order valence-electron chi connectivity index (χ2n) is 1.33. The smallest absolute Gasteiger partial charge is 0.361 e. The fourth-order valence-electron chi connectivity index (χ4n) is 0.260. The Balaban J connectivity index is 4.55. The number of nitroso groups, excluding NO2 is 1. The summed E-state index contributed by atoms with van der Waals surface area (Å²) in [5.41, 5.74) is -0.852. The van der Waals surface area contributed by atoms with Crippen molar-refractivity contribution in [2.75, 3.05) is 0 Å². The number of nitrogens with zero attached hydrogens (tertiary/aromatic N) is 1. The molecule has 0 atom stereocenters. The lowest BCUT2D eigenvalue weighted by Gasteiger charge is -1.88. The largest absolute Gasteiger partial charge is 0.510 e. The van der Waals surface area contributed by atoms with Gasteiger partial charge in [0.2, 0.25) is 5.70 Å². The van der Waals surface area contributed by atoms with Gasteiger partial charge in [-0.2, -0.15) is 0 Å². The van der Waals surface area contributed by atoms with Crippen LogP contribution in [0, 0.1) is 4.91 Å². The molecular weight excluding hydrogens is 126 g/mol. The highest BCUT2D eigenvalue weighted by molar-refractivity contribution is 5.86. The predicted molar refractivity (Wildman–Crippen MR) is 28.8 cm³/mol. The number of aliphatic hydroxyl groups is 1. The number of allylic oxidation sites excluding steroid dienone is 1. The minimum absolute atomic E-state index is 0.586. The lowest BCUT2D eigenvalue weighted by Crippen LogP contribution is -1.99. The number of rotatable bonds is 2. The van der Waals surface area contributed by atoms with Gasteiger partial charge in [0.15, 0.2) is 0 Å². The van der Waals surface area contributed by atoms with E-state index >= 15 is 0 Å². The summed E-state index contributed by atoms with van der Waals surface area (Å²) in [6.07, 6.45) is 0. The van der Waals surface area contributed by atoms with Gasteiger partial charge in [-0.1, -0.05) is 0 Å². The average Bonchev–Trinajstić information content (AvgIpc) is 1.64. The second kappa shape index (κ2) is 2.81. The van der Waals surface area contributed by atoms with Gasteiger partial charge in [0, 0.05) is 0 Å². The molecule has 0 heterocycles. The summed E-state index contributed by atoms with van der Waals surface area (Å²) in [7, 11) is 0. The van der Waals surface area contributed by atoms with Crippen LogP contribution in [0.3, 0.4) is 0 Å². The summed E-state index contributed by atoms with van der Waals surface area (Å²) < 4.78 is 0. The first-order valence-electron chi connectivity index (χ1n) is 2.06. The molecule has 0 saturated carbocycles. The first-order valence-corrected chi connectivity index (χ1v) is 2.06. The average molecular weight is 131 g/mol. The second-order valence-corrected chi connectivity index (χ2v) is 1.33. The minimum atomic E-state index is -1.52.